The number of carbonyl (C=O) groups excluding carboxylic acids is 1. The van der Waals surface area contributed by atoms with Crippen LogP contribution in [0.5, 0.6) is 0 Å². The molecule has 0 aliphatic carbocycles. The molecule has 24 heavy (non-hydrogen) atoms. The first kappa shape index (κ1) is 25.6. The third-order valence-electron chi connectivity index (χ3n) is 3.31. The van der Waals surface area contributed by atoms with E-state index in [2.05, 4.69) is 32.3 Å². The number of likely N-dealkylation sites (N-methyl/N-ethyl adjacent to an activating group) is 1. The molecule has 0 saturated carbocycles. The molecule has 0 saturated heterocycles. The zero-order chi connectivity index (χ0) is 17.3. The fourth-order valence-corrected chi connectivity index (χ4v) is 1.97. The van der Waals surface area contributed by atoms with Crippen molar-refractivity contribution in [2.45, 2.75) is 32.6 Å². The van der Waals surface area contributed by atoms with E-state index in [1.807, 2.05) is 6.92 Å². The van der Waals surface area contributed by atoms with E-state index in [9.17, 15) is 4.79 Å². The van der Waals surface area contributed by atoms with Crippen LogP contribution in [0.25, 0.3) is 0 Å². The lowest BCUT2D eigenvalue weighted by molar-refractivity contribution is -0.140. The van der Waals surface area contributed by atoms with Gasteiger partial charge in [-0.05, 0) is 33.2 Å². The lowest BCUT2D eigenvalue weighted by Gasteiger charge is -2.18. The minimum atomic E-state index is -0.157. The summed E-state index contributed by atoms with van der Waals surface area (Å²) in [4.78, 5) is 17.8. The van der Waals surface area contributed by atoms with E-state index >= 15 is 0 Å². The predicted molar refractivity (Wildman–Crippen MR) is 109 cm³/mol. The summed E-state index contributed by atoms with van der Waals surface area (Å²) >= 11 is 0. The van der Waals surface area contributed by atoms with Crippen molar-refractivity contribution in [3.8, 4) is 0 Å². The quantitative estimate of drug-likeness (QED) is 0.143. The van der Waals surface area contributed by atoms with Gasteiger partial charge in [0.25, 0.3) is 0 Å². The molecule has 0 radical (unpaired) electrons. The summed E-state index contributed by atoms with van der Waals surface area (Å²) in [6.45, 7) is 7.21. The largest absolute Gasteiger partial charge is 0.469 e. The van der Waals surface area contributed by atoms with Crippen molar-refractivity contribution < 1.29 is 14.3 Å². The summed E-state index contributed by atoms with van der Waals surface area (Å²) in [5.74, 6) is 0.673. The number of carbonyl (C=O) groups is 1. The zero-order valence-corrected chi connectivity index (χ0v) is 17.9. The Hall–Kier alpha value is -0.610. The summed E-state index contributed by atoms with van der Waals surface area (Å²) in [6, 6.07) is 0. The number of guanidine groups is 1. The fourth-order valence-electron chi connectivity index (χ4n) is 1.97. The summed E-state index contributed by atoms with van der Waals surface area (Å²) in [6.07, 6.45) is 3.18. The summed E-state index contributed by atoms with van der Waals surface area (Å²) in [7, 11) is 5.25. The van der Waals surface area contributed by atoms with Gasteiger partial charge in [-0.25, -0.2) is 0 Å². The van der Waals surface area contributed by atoms with Crippen LogP contribution >= 0.6 is 24.0 Å². The van der Waals surface area contributed by atoms with Gasteiger partial charge in [0.15, 0.2) is 5.96 Å². The number of hydrogen-bond acceptors (Lipinski definition) is 5. The van der Waals surface area contributed by atoms with Crippen LogP contribution in [0, 0.1) is 0 Å². The van der Waals surface area contributed by atoms with Crippen LogP contribution in [0.15, 0.2) is 4.99 Å². The van der Waals surface area contributed by atoms with Crippen molar-refractivity contribution in [2.75, 3.05) is 60.6 Å². The molecule has 0 atom stereocenters. The number of ether oxygens (including phenoxy) is 2. The Kier molecular flexibility index (Phi) is 20.0. The van der Waals surface area contributed by atoms with Crippen LogP contribution in [0.1, 0.15) is 32.6 Å². The highest BCUT2D eigenvalue weighted by Crippen LogP contribution is 1.97. The minimum Gasteiger partial charge on any atom is -0.469 e. The number of unbranched alkanes of at least 4 members (excludes halogenated alkanes) is 1. The lowest BCUT2D eigenvalue weighted by Crippen LogP contribution is -2.41. The number of halogens is 1. The molecule has 0 aromatic rings. The normalized spacial score (nSPS) is 11.1. The highest BCUT2D eigenvalue weighted by molar-refractivity contribution is 14.0. The van der Waals surface area contributed by atoms with Crippen molar-refractivity contribution in [1.82, 2.24) is 15.5 Å². The van der Waals surface area contributed by atoms with Gasteiger partial charge in [-0.15, -0.1) is 24.0 Å². The number of nitrogens with zero attached hydrogens (tertiary/aromatic N) is 2. The summed E-state index contributed by atoms with van der Waals surface area (Å²) in [5.41, 5.74) is 0. The third kappa shape index (κ3) is 16.3. The molecule has 0 amide bonds. The molecule has 0 aromatic carbocycles. The van der Waals surface area contributed by atoms with Gasteiger partial charge in [-0.2, -0.15) is 0 Å². The summed E-state index contributed by atoms with van der Waals surface area (Å²) < 4.78 is 9.67. The molecule has 0 fully saturated rings. The molecule has 7 nitrogen and oxygen atoms in total. The van der Waals surface area contributed by atoms with Gasteiger partial charge in [0.1, 0.15) is 0 Å². The highest BCUT2D eigenvalue weighted by atomic mass is 127. The van der Waals surface area contributed by atoms with Crippen molar-refractivity contribution in [3.05, 3.63) is 0 Å². The van der Waals surface area contributed by atoms with Gasteiger partial charge >= 0.3 is 5.97 Å². The summed E-state index contributed by atoms with van der Waals surface area (Å²) in [5, 5.41) is 6.56. The Morgan fingerprint density at radius 3 is 2.50 bits per heavy atom. The smallest absolute Gasteiger partial charge is 0.305 e. The third-order valence-corrected chi connectivity index (χ3v) is 3.31. The minimum absolute atomic E-state index is 0. The Balaban J connectivity index is 0. The monoisotopic (exact) mass is 458 g/mol. The van der Waals surface area contributed by atoms with Gasteiger partial charge in [0.05, 0.1) is 7.11 Å². The van der Waals surface area contributed by atoms with Crippen LogP contribution in [0.4, 0.5) is 0 Å². The molecule has 0 bridgehead atoms. The zero-order valence-electron chi connectivity index (χ0n) is 15.6. The van der Waals surface area contributed by atoms with Crippen LogP contribution in [-0.4, -0.2) is 77.4 Å². The van der Waals surface area contributed by atoms with Crippen LogP contribution in [0.2, 0.25) is 0 Å². The van der Waals surface area contributed by atoms with Crippen molar-refractivity contribution in [2.24, 2.45) is 4.99 Å². The predicted octanol–water partition coefficient (Wildman–Crippen LogP) is 1.47. The molecular formula is C16H35IN4O3. The van der Waals surface area contributed by atoms with E-state index in [-0.39, 0.29) is 29.9 Å². The topological polar surface area (TPSA) is 75.2 Å². The van der Waals surface area contributed by atoms with Gasteiger partial charge in [-0.1, -0.05) is 0 Å². The Bertz CT molecular complexity index is 330. The number of hydrogen-bond donors (Lipinski definition) is 2. The Labute approximate surface area is 164 Å². The second-order valence-corrected chi connectivity index (χ2v) is 5.37. The maximum Gasteiger partial charge on any atom is 0.305 e. The average Bonchev–Trinajstić information content (AvgIpc) is 2.54. The van der Waals surface area contributed by atoms with Gasteiger partial charge in [0, 0.05) is 52.9 Å². The Morgan fingerprint density at radius 1 is 1.12 bits per heavy atom. The van der Waals surface area contributed by atoms with Crippen LogP contribution in [-0.2, 0) is 14.3 Å². The van der Waals surface area contributed by atoms with Crippen molar-refractivity contribution in [1.29, 1.82) is 0 Å². The average molecular weight is 458 g/mol. The Morgan fingerprint density at radius 2 is 1.88 bits per heavy atom. The van der Waals surface area contributed by atoms with E-state index < -0.39 is 0 Å². The molecule has 0 spiro atoms. The first-order chi connectivity index (χ1) is 11.1. The number of methoxy groups -OCH3 is 2. The van der Waals surface area contributed by atoms with Crippen molar-refractivity contribution in [3.63, 3.8) is 0 Å². The van der Waals surface area contributed by atoms with E-state index in [1.54, 1.807) is 7.11 Å². The van der Waals surface area contributed by atoms with E-state index in [1.165, 1.54) is 7.11 Å². The molecule has 0 aliphatic rings. The number of esters is 1. The van der Waals surface area contributed by atoms with E-state index in [4.69, 9.17) is 4.74 Å². The second-order valence-electron chi connectivity index (χ2n) is 5.37. The second kappa shape index (κ2) is 18.7. The maximum atomic E-state index is 11.0. The SMILES string of the molecule is CCNC(=NCCCCC(=O)OC)NCCN(C)CCCOC.I. The fraction of sp³-hybridized carbons (Fsp3) is 0.875. The number of aliphatic imine (C=N–C) groups is 1. The van der Waals surface area contributed by atoms with Gasteiger partial charge < -0.3 is 25.0 Å². The molecule has 8 heteroatoms. The molecule has 2 N–H and O–H groups in total. The lowest BCUT2D eigenvalue weighted by atomic mass is 10.2. The van der Waals surface area contributed by atoms with Crippen LogP contribution < -0.4 is 10.6 Å². The van der Waals surface area contributed by atoms with Crippen molar-refractivity contribution >= 4 is 35.9 Å². The van der Waals surface area contributed by atoms with Crippen LogP contribution in [0.3, 0.4) is 0 Å². The standard InChI is InChI=1S/C16H34N4O3.HI/c1-5-17-16(18-10-7-6-9-15(21)23-4)19-11-13-20(2)12-8-14-22-3;/h5-14H2,1-4H3,(H2,17,18,19);1H. The molecule has 0 heterocycles. The molecule has 0 aliphatic heterocycles. The molecular weight excluding hydrogens is 423 g/mol. The molecule has 144 valence electrons. The van der Waals surface area contributed by atoms with E-state index in [0.29, 0.717) is 13.0 Å². The highest BCUT2D eigenvalue weighted by Gasteiger charge is 2.01. The van der Waals surface area contributed by atoms with Gasteiger partial charge in [0.2, 0.25) is 0 Å². The molecule has 0 rings (SSSR count). The number of nitrogens with one attached hydrogen (secondary N) is 2. The molecule has 0 aromatic heterocycles. The first-order valence-electron chi connectivity index (χ1n) is 8.40. The molecule has 0 unspecified atom stereocenters. The van der Waals surface area contributed by atoms with Gasteiger partial charge in [-0.3, -0.25) is 9.79 Å². The maximum absolute atomic E-state index is 11.0. The number of rotatable bonds is 13. The first-order valence-corrected chi connectivity index (χ1v) is 8.40. The van der Waals surface area contributed by atoms with E-state index in [0.717, 1.165) is 58.0 Å².